The van der Waals surface area contributed by atoms with Crippen LogP contribution >= 0.6 is 11.6 Å². The number of carbonyl (C=O) groups is 1. The van der Waals surface area contributed by atoms with Gasteiger partial charge in [-0.2, -0.15) is 0 Å². The van der Waals surface area contributed by atoms with Gasteiger partial charge in [-0.05, 0) is 66.6 Å². The number of halogens is 1. The van der Waals surface area contributed by atoms with Crippen LogP contribution < -0.4 is 10.6 Å². The summed E-state index contributed by atoms with van der Waals surface area (Å²) in [4.78, 5) is 11.9. The fraction of sp³-hybridized carbons (Fsp3) is 0.278. The summed E-state index contributed by atoms with van der Waals surface area (Å²) < 4.78 is 0. The van der Waals surface area contributed by atoms with Gasteiger partial charge in [0.2, 0.25) is 0 Å². The Morgan fingerprint density at radius 3 is 2.64 bits per heavy atom. The van der Waals surface area contributed by atoms with Gasteiger partial charge in [-0.25, -0.2) is 4.79 Å². The van der Waals surface area contributed by atoms with Crippen molar-refractivity contribution in [3.63, 3.8) is 0 Å². The van der Waals surface area contributed by atoms with E-state index in [9.17, 15) is 4.79 Å². The number of nitrogens with one attached hydrogen (secondary N) is 2. The number of benzene rings is 2. The van der Waals surface area contributed by atoms with E-state index >= 15 is 0 Å². The van der Waals surface area contributed by atoms with Gasteiger partial charge in [-0.15, -0.1) is 0 Å². The van der Waals surface area contributed by atoms with Gasteiger partial charge >= 0.3 is 6.03 Å². The number of hydrogen-bond donors (Lipinski definition) is 2. The van der Waals surface area contributed by atoms with Crippen molar-refractivity contribution < 1.29 is 4.79 Å². The highest BCUT2D eigenvalue weighted by molar-refractivity contribution is 6.30. The van der Waals surface area contributed by atoms with Crippen LogP contribution in [0.15, 0.2) is 42.5 Å². The van der Waals surface area contributed by atoms with E-state index < -0.39 is 0 Å². The maximum absolute atomic E-state index is 11.9. The van der Waals surface area contributed by atoms with Crippen LogP contribution in [0.4, 0.5) is 10.5 Å². The molecule has 0 saturated heterocycles. The monoisotopic (exact) mass is 314 g/mol. The summed E-state index contributed by atoms with van der Waals surface area (Å²) in [6, 6.07) is 13.7. The predicted molar refractivity (Wildman–Crippen MR) is 90.6 cm³/mol. The van der Waals surface area contributed by atoms with Gasteiger partial charge in [0, 0.05) is 17.3 Å². The zero-order valence-corrected chi connectivity index (χ0v) is 13.1. The van der Waals surface area contributed by atoms with Gasteiger partial charge in [0.25, 0.3) is 0 Å². The summed E-state index contributed by atoms with van der Waals surface area (Å²) in [5.74, 6) is 0. The Bertz CT molecular complexity index is 667. The summed E-state index contributed by atoms with van der Waals surface area (Å²) in [5.41, 5.74) is 4.79. The molecule has 22 heavy (non-hydrogen) atoms. The zero-order chi connectivity index (χ0) is 15.4. The van der Waals surface area contributed by atoms with Crippen molar-refractivity contribution >= 4 is 23.3 Å². The van der Waals surface area contributed by atoms with E-state index in [4.69, 9.17) is 11.6 Å². The summed E-state index contributed by atoms with van der Waals surface area (Å²) in [6.07, 6.45) is 4.27. The third kappa shape index (κ3) is 3.80. The van der Waals surface area contributed by atoms with Crippen LogP contribution in [0.2, 0.25) is 5.02 Å². The number of hydrogen-bond acceptors (Lipinski definition) is 1. The van der Waals surface area contributed by atoms with Crippen LogP contribution in [0.25, 0.3) is 0 Å². The van der Waals surface area contributed by atoms with E-state index in [1.54, 1.807) is 0 Å². The fourth-order valence-electron chi connectivity index (χ4n) is 2.80. The van der Waals surface area contributed by atoms with Gasteiger partial charge in [-0.3, -0.25) is 0 Å². The molecule has 1 aliphatic carbocycles. The average Bonchev–Trinajstić information content (AvgIpc) is 2.97. The van der Waals surface area contributed by atoms with Crippen molar-refractivity contribution in [1.82, 2.24) is 5.32 Å². The molecule has 3 nitrogen and oxygen atoms in total. The van der Waals surface area contributed by atoms with E-state index in [1.165, 1.54) is 17.5 Å². The van der Waals surface area contributed by atoms with Gasteiger partial charge in [-0.1, -0.05) is 29.8 Å². The molecule has 4 heteroatoms. The van der Waals surface area contributed by atoms with Crippen molar-refractivity contribution in [1.29, 1.82) is 0 Å². The molecule has 0 fully saturated rings. The van der Waals surface area contributed by atoms with E-state index in [2.05, 4.69) is 22.8 Å². The lowest BCUT2D eigenvalue weighted by atomic mass is 10.1. The first kappa shape index (κ1) is 14.9. The van der Waals surface area contributed by atoms with Crippen molar-refractivity contribution in [3.8, 4) is 0 Å². The molecule has 114 valence electrons. The summed E-state index contributed by atoms with van der Waals surface area (Å²) >= 11 is 5.85. The molecule has 2 aromatic carbocycles. The fourth-order valence-corrected chi connectivity index (χ4v) is 2.92. The molecule has 3 rings (SSSR count). The predicted octanol–water partition coefficient (Wildman–Crippen LogP) is 4.19. The molecular weight excluding hydrogens is 296 g/mol. The van der Waals surface area contributed by atoms with E-state index in [0.717, 1.165) is 35.5 Å². The normalized spacial score (nSPS) is 12.8. The van der Waals surface area contributed by atoms with E-state index in [0.29, 0.717) is 6.54 Å². The number of carbonyl (C=O) groups excluding carboxylic acids is 1. The number of amides is 2. The number of fused-ring (bicyclic) bond motifs is 1. The van der Waals surface area contributed by atoms with Crippen LogP contribution in [0.1, 0.15) is 23.1 Å². The molecule has 0 heterocycles. The first-order valence-corrected chi connectivity index (χ1v) is 7.99. The van der Waals surface area contributed by atoms with Crippen molar-refractivity contribution in [2.24, 2.45) is 0 Å². The smallest absolute Gasteiger partial charge is 0.319 e. The molecule has 0 aromatic heterocycles. The Morgan fingerprint density at radius 2 is 1.82 bits per heavy atom. The van der Waals surface area contributed by atoms with Crippen molar-refractivity contribution in [3.05, 3.63) is 64.2 Å². The molecule has 0 atom stereocenters. The first-order chi connectivity index (χ1) is 10.7. The van der Waals surface area contributed by atoms with E-state index in [1.807, 2.05) is 30.3 Å². The van der Waals surface area contributed by atoms with Gasteiger partial charge in [0.05, 0.1) is 0 Å². The van der Waals surface area contributed by atoms with Crippen LogP contribution in [0, 0.1) is 0 Å². The van der Waals surface area contributed by atoms with Crippen molar-refractivity contribution in [2.45, 2.75) is 25.7 Å². The topological polar surface area (TPSA) is 41.1 Å². The molecule has 1 aliphatic rings. The number of urea groups is 1. The minimum Gasteiger partial charge on any atom is -0.338 e. The minimum absolute atomic E-state index is 0.160. The molecule has 0 radical (unpaired) electrons. The first-order valence-electron chi connectivity index (χ1n) is 7.62. The largest absolute Gasteiger partial charge is 0.338 e. The minimum atomic E-state index is -0.160. The van der Waals surface area contributed by atoms with Gasteiger partial charge < -0.3 is 10.6 Å². The second kappa shape index (κ2) is 6.84. The van der Waals surface area contributed by atoms with Gasteiger partial charge in [0.1, 0.15) is 0 Å². The summed E-state index contributed by atoms with van der Waals surface area (Å²) in [5, 5.41) is 6.50. The van der Waals surface area contributed by atoms with Gasteiger partial charge in [0.15, 0.2) is 0 Å². The lowest BCUT2D eigenvalue weighted by molar-refractivity contribution is 0.252. The highest BCUT2D eigenvalue weighted by Crippen LogP contribution is 2.24. The Hall–Kier alpha value is -2.00. The molecule has 0 aliphatic heterocycles. The quantitative estimate of drug-likeness (QED) is 0.872. The SMILES string of the molecule is O=C(NCCc1ccc(Cl)cc1)Nc1ccc2c(c1)CCC2. The Labute approximate surface area is 135 Å². The number of aryl methyl sites for hydroxylation is 2. The summed E-state index contributed by atoms with van der Waals surface area (Å²) in [6.45, 7) is 0.596. The molecule has 0 spiro atoms. The molecule has 2 amide bonds. The number of anilines is 1. The highest BCUT2D eigenvalue weighted by atomic mass is 35.5. The molecule has 2 N–H and O–H groups in total. The lowest BCUT2D eigenvalue weighted by Gasteiger charge is -2.09. The van der Waals surface area contributed by atoms with E-state index in [-0.39, 0.29) is 6.03 Å². The Balaban J connectivity index is 1.47. The molecular formula is C18H19ClN2O. The molecule has 0 unspecified atom stereocenters. The lowest BCUT2D eigenvalue weighted by Crippen LogP contribution is -2.30. The maximum atomic E-state index is 11.9. The Morgan fingerprint density at radius 1 is 1.05 bits per heavy atom. The highest BCUT2D eigenvalue weighted by Gasteiger charge is 2.11. The molecule has 0 bridgehead atoms. The Kier molecular flexibility index (Phi) is 4.64. The third-order valence-corrected chi connectivity index (χ3v) is 4.22. The standard InChI is InChI=1S/C18H19ClN2O/c19-16-7-4-13(5-8-16)10-11-20-18(22)21-17-9-6-14-2-1-3-15(14)12-17/h4-9,12H,1-3,10-11H2,(H2,20,21,22). The van der Waals surface area contributed by atoms with Crippen molar-refractivity contribution in [2.75, 3.05) is 11.9 Å². The third-order valence-electron chi connectivity index (χ3n) is 3.97. The zero-order valence-electron chi connectivity index (χ0n) is 12.4. The molecule has 0 saturated carbocycles. The second-order valence-electron chi connectivity index (χ2n) is 5.59. The summed E-state index contributed by atoms with van der Waals surface area (Å²) in [7, 11) is 0. The average molecular weight is 315 g/mol. The maximum Gasteiger partial charge on any atom is 0.319 e. The van der Waals surface area contributed by atoms with Crippen LogP contribution in [0.5, 0.6) is 0 Å². The van der Waals surface area contributed by atoms with Crippen LogP contribution in [-0.4, -0.2) is 12.6 Å². The molecule has 2 aromatic rings. The number of rotatable bonds is 4. The van der Waals surface area contributed by atoms with Crippen LogP contribution in [0.3, 0.4) is 0 Å². The van der Waals surface area contributed by atoms with Crippen LogP contribution in [-0.2, 0) is 19.3 Å². The second-order valence-corrected chi connectivity index (χ2v) is 6.03.